The second-order valence-electron chi connectivity index (χ2n) is 17.0. The van der Waals surface area contributed by atoms with Crippen molar-refractivity contribution in [2.45, 2.75) is 0 Å². The fourth-order valence-electron chi connectivity index (χ4n) is 9.61. The van der Waals surface area contributed by atoms with Gasteiger partial charge in [-0.25, -0.2) is 29.3 Å². The second kappa shape index (κ2) is 16.8. The zero-order valence-electron chi connectivity index (χ0n) is 37.2. The molecular weight excluding hydrogens is 857 g/mol. The van der Waals surface area contributed by atoms with Crippen molar-refractivity contribution in [1.29, 1.82) is 0 Å². The molecular formula is C62H34N8. The summed E-state index contributed by atoms with van der Waals surface area (Å²) in [7, 11) is 0. The summed E-state index contributed by atoms with van der Waals surface area (Å²) in [5, 5.41) is 4.18. The molecule has 12 aromatic rings. The van der Waals surface area contributed by atoms with Gasteiger partial charge in [-0.15, -0.1) is 0 Å². The standard InChI is InChI=1S/C62H34N8/c1-63-46-11-7-9-44(33-46)57-38-56(67-62(68-57)45-10-8-12-47(34-45)64-2)43-21-19-41(20-22-43)39-15-17-40(18-16-39)42-23-27-50(28-24-42)69-58-14-6-5-13-52(58)55-37-51(29-32-61(55)69)70-59-30-25-48(65-3)35-53(59)54-36-49(66-4)26-31-60(54)70/h5-38H. The summed E-state index contributed by atoms with van der Waals surface area (Å²) in [6, 6.07) is 69.1. The Morgan fingerprint density at radius 1 is 0.286 bits per heavy atom. The zero-order chi connectivity index (χ0) is 47.3. The highest BCUT2D eigenvalue weighted by molar-refractivity contribution is 6.13. The fourth-order valence-corrected chi connectivity index (χ4v) is 9.61. The Balaban J connectivity index is 0.841. The first kappa shape index (κ1) is 41.1. The van der Waals surface area contributed by atoms with Gasteiger partial charge in [-0.3, -0.25) is 0 Å². The highest BCUT2D eigenvalue weighted by Crippen LogP contribution is 2.40. The number of hydrogen-bond donors (Lipinski definition) is 0. The van der Waals surface area contributed by atoms with Crippen LogP contribution < -0.4 is 0 Å². The second-order valence-corrected chi connectivity index (χ2v) is 17.0. The Labute approximate surface area is 403 Å². The average molecular weight is 891 g/mol. The van der Waals surface area contributed by atoms with Crippen molar-refractivity contribution in [3.05, 3.63) is 252 Å². The predicted molar refractivity (Wildman–Crippen MR) is 283 cm³/mol. The third kappa shape index (κ3) is 7.07. The highest BCUT2D eigenvalue weighted by Gasteiger charge is 2.18. The van der Waals surface area contributed by atoms with E-state index >= 15 is 0 Å². The van der Waals surface area contributed by atoms with E-state index in [0.29, 0.717) is 34.3 Å². The molecule has 0 aliphatic rings. The van der Waals surface area contributed by atoms with Gasteiger partial charge in [-0.2, -0.15) is 0 Å². The minimum atomic E-state index is 0.510. The van der Waals surface area contributed by atoms with Crippen LogP contribution in [0.5, 0.6) is 0 Å². The van der Waals surface area contributed by atoms with Crippen molar-refractivity contribution in [3.63, 3.8) is 0 Å². The van der Waals surface area contributed by atoms with Crippen molar-refractivity contribution in [3.8, 4) is 67.5 Å². The van der Waals surface area contributed by atoms with E-state index in [1.54, 1.807) is 18.2 Å². The van der Waals surface area contributed by atoms with Crippen LogP contribution in [0.4, 0.5) is 22.7 Å². The topological polar surface area (TPSA) is 53.1 Å². The Bertz CT molecular complexity index is 4120. The quantitative estimate of drug-likeness (QED) is 0.150. The van der Waals surface area contributed by atoms with Crippen molar-refractivity contribution in [2.75, 3.05) is 0 Å². The van der Waals surface area contributed by atoms with Gasteiger partial charge in [0.15, 0.2) is 28.6 Å². The van der Waals surface area contributed by atoms with Crippen LogP contribution in [0.15, 0.2) is 206 Å². The summed E-state index contributed by atoms with van der Waals surface area (Å²) >= 11 is 0. The van der Waals surface area contributed by atoms with Gasteiger partial charge in [0.05, 0.1) is 59.7 Å². The van der Waals surface area contributed by atoms with Crippen molar-refractivity contribution in [2.24, 2.45) is 0 Å². The van der Waals surface area contributed by atoms with E-state index in [1.807, 2.05) is 72.8 Å². The van der Waals surface area contributed by atoms with E-state index in [4.69, 9.17) is 36.3 Å². The van der Waals surface area contributed by atoms with Gasteiger partial charge < -0.3 is 9.13 Å². The molecule has 70 heavy (non-hydrogen) atoms. The number of rotatable bonds is 7. The van der Waals surface area contributed by atoms with Crippen LogP contribution in [-0.4, -0.2) is 19.1 Å². The summed E-state index contributed by atoms with van der Waals surface area (Å²) in [4.78, 5) is 24.5. The minimum absolute atomic E-state index is 0.510. The van der Waals surface area contributed by atoms with E-state index < -0.39 is 0 Å². The molecule has 3 heterocycles. The summed E-state index contributed by atoms with van der Waals surface area (Å²) in [6.45, 7) is 30.4. The maximum Gasteiger partial charge on any atom is 0.188 e. The predicted octanol–water partition coefficient (Wildman–Crippen LogP) is 17.2. The number of fused-ring (bicyclic) bond motifs is 6. The number of para-hydroxylation sites is 1. The van der Waals surface area contributed by atoms with Crippen LogP contribution in [0, 0.1) is 26.3 Å². The maximum absolute atomic E-state index is 7.65. The van der Waals surface area contributed by atoms with Gasteiger partial charge in [0.1, 0.15) is 0 Å². The summed E-state index contributed by atoms with van der Waals surface area (Å²) < 4.78 is 4.56. The normalized spacial score (nSPS) is 11.1. The van der Waals surface area contributed by atoms with Gasteiger partial charge in [0.2, 0.25) is 0 Å². The number of benzene rings is 9. The molecule has 0 fully saturated rings. The summed E-state index contributed by atoms with van der Waals surface area (Å²) in [5.74, 6) is 0.510. The molecule has 0 N–H and O–H groups in total. The largest absolute Gasteiger partial charge is 0.309 e. The Morgan fingerprint density at radius 2 is 0.700 bits per heavy atom. The molecule has 8 heteroatoms. The first-order valence-corrected chi connectivity index (χ1v) is 22.5. The lowest BCUT2D eigenvalue weighted by molar-refractivity contribution is 1.17. The lowest BCUT2D eigenvalue weighted by atomic mass is 9.98. The number of aromatic nitrogens is 4. The first-order valence-electron chi connectivity index (χ1n) is 22.5. The third-order valence-electron chi connectivity index (χ3n) is 13.0. The van der Waals surface area contributed by atoms with Crippen LogP contribution in [-0.2, 0) is 0 Å². The van der Waals surface area contributed by atoms with Gasteiger partial charge in [0.25, 0.3) is 0 Å². The lowest BCUT2D eigenvalue weighted by Crippen LogP contribution is -1.96. The number of nitrogens with zero attached hydrogens (tertiary/aromatic N) is 8. The molecule has 0 saturated heterocycles. The third-order valence-corrected chi connectivity index (χ3v) is 13.0. The van der Waals surface area contributed by atoms with Gasteiger partial charge in [-0.05, 0) is 117 Å². The summed E-state index contributed by atoms with van der Waals surface area (Å²) in [5.41, 5.74) is 16.8. The molecule has 0 amide bonds. The molecule has 0 aliphatic heterocycles. The molecule has 0 atom stereocenters. The van der Waals surface area contributed by atoms with Crippen LogP contribution in [0.2, 0.25) is 0 Å². The fraction of sp³-hybridized carbons (Fsp3) is 0. The molecule has 0 spiro atoms. The Hall–Kier alpha value is -10.4. The van der Waals surface area contributed by atoms with Gasteiger partial charge >= 0.3 is 0 Å². The van der Waals surface area contributed by atoms with Crippen molar-refractivity contribution in [1.82, 2.24) is 19.1 Å². The molecule has 12 rings (SSSR count). The lowest BCUT2D eigenvalue weighted by Gasteiger charge is -2.12. The SMILES string of the molecule is [C-]#[N+]c1cccc(-c2cc(-c3ccc(-c4ccc(-c5ccc(-n6c7ccccc7c7cc(-n8c9ccc([N+]#[C-])cc9c9cc([N+]#[C-])ccc98)ccc76)cc5)cc4)cc3)nc(-c3cccc([N+]#[C-])c3)n2)c1. The van der Waals surface area contributed by atoms with E-state index in [1.165, 1.54) is 0 Å². The Morgan fingerprint density at radius 3 is 1.27 bits per heavy atom. The van der Waals surface area contributed by atoms with Gasteiger partial charge in [-0.1, -0.05) is 127 Å². The smallest absolute Gasteiger partial charge is 0.188 e. The van der Waals surface area contributed by atoms with E-state index in [2.05, 4.69) is 144 Å². The van der Waals surface area contributed by atoms with E-state index in [-0.39, 0.29) is 0 Å². The molecule has 0 bridgehead atoms. The monoisotopic (exact) mass is 890 g/mol. The molecule has 9 aromatic carbocycles. The summed E-state index contributed by atoms with van der Waals surface area (Å²) in [6.07, 6.45) is 0. The van der Waals surface area contributed by atoms with E-state index in [0.717, 1.165) is 99.6 Å². The van der Waals surface area contributed by atoms with Crippen LogP contribution in [0.25, 0.3) is 131 Å². The molecule has 3 aromatic heterocycles. The Kier molecular flexibility index (Phi) is 9.86. The van der Waals surface area contributed by atoms with Crippen LogP contribution in [0.1, 0.15) is 0 Å². The van der Waals surface area contributed by atoms with E-state index in [9.17, 15) is 0 Å². The van der Waals surface area contributed by atoms with Crippen LogP contribution >= 0.6 is 0 Å². The molecule has 322 valence electrons. The van der Waals surface area contributed by atoms with Gasteiger partial charge in [0, 0.05) is 33.3 Å². The first-order chi connectivity index (χ1) is 34.5. The molecule has 0 saturated carbocycles. The van der Waals surface area contributed by atoms with Crippen molar-refractivity contribution < 1.29 is 0 Å². The molecule has 8 nitrogen and oxygen atoms in total. The average Bonchev–Trinajstić information content (AvgIpc) is 3.94. The van der Waals surface area contributed by atoms with Crippen LogP contribution in [0.3, 0.4) is 0 Å². The highest BCUT2D eigenvalue weighted by atomic mass is 15.0. The maximum atomic E-state index is 7.65. The molecule has 0 unspecified atom stereocenters. The number of hydrogen-bond acceptors (Lipinski definition) is 2. The molecule has 0 radical (unpaired) electrons. The molecule has 0 aliphatic carbocycles. The zero-order valence-corrected chi connectivity index (χ0v) is 37.2. The minimum Gasteiger partial charge on any atom is -0.309 e. The van der Waals surface area contributed by atoms with Crippen molar-refractivity contribution >= 4 is 66.4 Å².